The number of anilines is 1. The van der Waals surface area contributed by atoms with Crippen LogP contribution in [-0.4, -0.2) is 18.9 Å². The first-order valence-electron chi connectivity index (χ1n) is 7.25. The highest BCUT2D eigenvalue weighted by atomic mass is 16.5. The molecule has 1 aromatic heterocycles. The lowest BCUT2D eigenvalue weighted by Crippen LogP contribution is -2.12. The molecule has 0 aliphatic heterocycles. The molecule has 1 aromatic carbocycles. The molecule has 2 aromatic rings. The standard InChI is InChI=1S/C17H17NO5/c1-3-11-5-6-14-12(9-11)16(21)13(10-19)17(23-14)18-8-7-15(20)22-4-2/h5-10,18H,3-4H2,1-2H3/b8-7+. The van der Waals surface area contributed by atoms with Crippen LogP contribution in [0.4, 0.5) is 5.88 Å². The lowest BCUT2D eigenvalue weighted by atomic mass is 10.1. The average molecular weight is 315 g/mol. The summed E-state index contributed by atoms with van der Waals surface area (Å²) in [4.78, 5) is 34.9. The molecule has 0 saturated carbocycles. The SMILES string of the molecule is CCOC(=O)/C=C/Nc1oc2ccc(CC)cc2c(=O)c1C=O. The van der Waals surface area contributed by atoms with Crippen LogP contribution in [0.3, 0.4) is 0 Å². The number of aldehydes is 1. The first kappa shape index (κ1) is 16.5. The third-order valence-electron chi connectivity index (χ3n) is 3.24. The van der Waals surface area contributed by atoms with Crippen LogP contribution in [0.15, 0.2) is 39.7 Å². The number of ether oxygens (including phenoxy) is 1. The second kappa shape index (κ2) is 7.40. The summed E-state index contributed by atoms with van der Waals surface area (Å²) in [5.74, 6) is -0.550. The Kier molecular flexibility index (Phi) is 5.30. The summed E-state index contributed by atoms with van der Waals surface area (Å²) in [6, 6.07) is 5.25. The third-order valence-corrected chi connectivity index (χ3v) is 3.24. The van der Waals surface area contributed by atoms with E-state index in [0.717, 1.165) is 18.1 Å². The Balaban J connectivity index is 2.42. The van der Waals surface area contributed by atoms with Crippen molar-refractivity contribution in [2.24, 2.45) is 0 Å². The Morgan fingerprint density at radius 1 is 1.35 bits per heavy atom. The maximum Gasteiger partial charge on any atom is 0.332 e. The van der Waals surface area contributed by atoms with Gasteiger partial charge in [-0.1, -0.05) is 13.0 Å². The minimum Gasteiger partial charge on any atom is -0.463 e. The number of rotatable bonds is 6. The van der Waals surface area contributed by atoms with Crippen LogP contribution >= 0.6 is 0 Å². The van der Waals surface area contributed by atoms with E-state index in [1.54, 1.807) is 19.1 Å². The van der Waals surface area contributed by atoms with Gasteiger partial charge in [0, 0.05) is 12.3 Å². The van der Waals surface area contributed by atoms with E-state index in [1.807, 2.05) is 13.0 Å². The number of nitrogens with one attached hydrogen (secondary N) is 1. The van der Waals surface area contributed by atoms with Crippen molar-refractivity contribution in [3.63, 3.8) is 0 Å². The third kappa shape index (κ3) is 3.66. The molecule has 0 spiro atoms. The number of fused-ring (bicyclic) bond motifs is 1. The minimum absolute atomic E-state index is 0.0118. The van der Waals surface area contributed by atoms with Gasteiger partial charge < -0.3 is 14.5 Å². The first-order chi connectivity index (χ1) is 11.1. The van der Waals surface area contributed by atoms with E-state index in [9.17, 15) is 14.4 Å². The largest absolute Gasteiger partial charge is 0.463 e. The van der Waals surface area contributed by atoms with Crippen molar-refractivity contribution in [3.8, 4) is 0 Å². The van der Waals surface area contributed by atoms with Crippen molar-refractivity contribution in [3.05, 3.63) is 51.8 Å². The molecule has 120 valence electrons. The zero-order chi connectivity index (χ0) is 16.8. The molecule has 2 rings (SSSR count). The van der Waals surface area contributed by atoms with E-state index in [1.165, 1.54) is 6.20 Å². The van der Waals surface area contributed by atoms with Gasteiger partial charge in [-0.3, -0.25) is 9.59 Å². The molecule has 1 heterocycles. The van der Waals surface area contributed by atoms with Crippen molar-refractivity contribution < 1.29 is 18.7 Å². The second-order valence-corrected chi connectivity index (χ2v) is 4.71. The molecule has 0 atom stereocenters. The monoisotopic (exact) mass is 315 g/mol. The molecule has 0 fully saturated rings. The molecule has 0 aliphatic carbocycles. The topological polar surface area (TPSA) is 85.6 Å². The Bertz CT molecular complexity index is 820. The lowest BCUT2D eigenvalue weighted by molar-refractivity contribution is -0.137. The summed E-state index contributed by atoms with van der Waals surface area (Å²) >= 11 is 0. The van der Waals surface area contributed by atoms with E-state index < -0.39 is 11.4 Å². The van der Waals surface area contributed by atoms with Crippen LogP contribution in [-0.2, 0) is 16.0 Å². The summed E-state index contributed by atoms with van der Waals surface area (Å²) in [6.45, 7) is 3.92. The van der Waals surface area contributed by atoms with Crippen LogP contribution in [0.5, 0.6) is 0 Å². The van der Waals surface area contributed by atoms with Crippen molar-refractivity contribution in [1.29, 1.82) is 0 Å². The molecule has 0 saturated heterocycles. The van der Waals surface area contributed by atoms with Gasteiger partial charge in [-0.15, -0.1) is 0 Å². The van der Waals surface area contributed by atoms with Gasteiger partial charge in [0.2, 0.25) is 11.3 Å². The van der Waals surface area contributed by atoms with E-state index in [-0.39, 0.29) is 18.1 Å². The van der Waals surface area contributed by atoms with Crippen LogP contribution in [0.2, 0.25) is 0 Å². The van der Waals surface area contributed by atoms with Crippen molar-refractivity contribution in [2.75, 3.05) is 11.9 Å². The minimum atomic E-state index is -0.539. The fourth-order valence-corrected chi connectivity index (χ4v) is 2.07. The first-order valence-corrected chi connectivity index (χ1v) is 7.25. The zero-order valence-corrected chi connectivity index (χ0v) is 12.9. The van der Waals surface area contributed by atoms with Gasteiger partial charge in [-0.05, 0) is 31.0 Å². The number of hydrogen-bond donors (Lipinski definition) is 1. The van der Waals surface area contributed by atoms with E-state index in [4.69, 9.17) is 9.15 Å². The molecular weight excluding hydrogens is 298 g/mol. The Morgan fingerprint density at radius 2 is 2.13 bits per heavy atom. The van der Waals surface area contributed by atoms with Gasteiger partial charge in [-0.25, -0.2) is 4.79 Å². The normalized spacial score (nSPS) is 10.9. The molecule has 1 N–H and O–H groups in total. The lowest BCUT2D eigenvalue weighted by Gasteiger charge is -2.06. The van der Waals surface area contributed by atoms with Crippen LogP contribution in [0, 0.1) is 0 Å². The summed E-state index contributed by atoms with van der Waals surface area (Å²) < 4.78 is 10.3. The molecule has 0 radical (unpaired) electrons. The van der Waals surface area contributed by atoms with E-state index in [0.29, 0.717) is 17.3 Å². The predicted molar refractivity (Wildman–Crippen MR) is 86.6 cm³/mol. The summed E-state index contributed by atoms with van der Waals surface area (Å²) in [7, 11) is 0. The highest BCUT2D eigenvalue weighted by Gasteiger charge is 2.13. The van der Waals surface area contributed by atoms with E-state index >= 15 is 0 Å². The van der Waals surface area contributed by atoms with Gasteiger partial charge in [-0.2, -0.15) is 0 Å². The number of esters is 1. The molecule has 23 heavy (non-hydrogen) atoms. The van der Waals surface area contributed by atoms with Gasteiger partial charge in [0.15, 0.2) is 6.29 Å². The maximum absolute atomic E-state index is 12.4. The fourth-order valence-electron chi connectivity index (χ4n) is 2.07. The van der Waals surface area contributed by atoms with E-state index in [2.05, 4.69) is 5.32 Å². The number of carbonyl (C=O) groups is 2. The zero-order valence-electron chi connectivity index (χ0n) is 12.9. The number of aryl methyl sites for hydroxylation is 1. The number of benzene rings is 1. The summed E-state index contributed by atoms with van der Waals surface area (Å²) in [6.07, 6.45) is 3.61. The Hall–Kier alpha value is -2.89. The highest BCUT2D eigenvalue weighted by Crippen LogP contribution is 2.20. The molecule has 0 aliphatic rings. The Labute approximate surface area is 132 Å². The van der Waals surface area contributed by atoms with Crippen molar-refractivity contribution >= 4 is 29.1 Å². The van der Waals surface area contributed by atoms with Crippen LogP contribution < -0.4 is 10.7 Å². The molecule has 0 unspecified atom stereocenters. The molecule has 0 bridgehead atoms. The average Bonchev–Trinajstić information content (AvgIpc) is 2.55. The number of carbonyl (C=O) groups excluding carboxylic acids is 2. The van der Waals surface area contributed by atoms with Gasteiger partial charge in [0.25, 0.3) is 0 Å². The quantitative estimate of drug-likeness (QED) is 0.501. The van der Waals surface area contributed by atoms with Crippen LogP contribution in [0.25, 0.3) is 11.0 Å². The Morgan fingerprint density at radius 3 is 2.78 bits per heavy atom. The predicted octanol–water partition coefficient (Wildman–Crippen LogP) is 2.66. The van der Waals surface area contributed by atoms with Gasteiger partial charge >= 0.3 is 5.97 Å². The van der Waals surface area contributed by atoms with Gasteiger partial charge in [0.05, 0.1) is 12.0 Å². The smallest absolute Gasteiger partial charge is 0.332 e. The molecule has 6 heteroatoms. The summed E-state index contributed by atoms with van der Waals surface area (Å²) in [5, 5.41) is 2.99. The maximum atomic E-state index is 12.4. The number of hydrogen-bond acceptors (Lipinski definition) is 6. The summed E-state index contributed by atoms with van der Waals surface area (Å²) in [5.41, 5.74) is 0.803. The van der Waals surface area contributed by atoms with Crippen molar-refractivity contribution in [2.45, 2.75) is 20.3 Å². The second-order valence-electron chi connectivity index (χ2n) is 4.71. The van der Waals surface area contributed by atoms with Gasteiger partial charge in [0.1, 0.15) is 11.1 Å². The highest BCUT2D eigenvalue weighted by molar-refractivity contribution is 5.90. The molecule has 0 amide bonds. The van der Waals surface area contributed by atoms with Crippen molar-refractivity contribution in [1.82, 2.24) is 0 Å². The van der Waals surface area contributed by atoms with Crippen LogP contribution in [0.1, 0.15) is 29.8 Å². The fraction of sp³-hybridized carbons (Fsp3) is 0.235. The molecular formula is C17H17NO5. The molecule has 6 nitrogen and oxygen atoms in total.